The fraction of sp³-hybridized carbons (Fsp3) is 0.333. The van der Waals surface area contributed by atoms with Gasteiger partial charge in [0.25, 0.3) is 0 Å². The molecule has 0 bridgehead atoms. The van der Waals surface area contributed by atoms with E-state index in [1.54, 1.807) is 25.3 Å². The molecule has 0 unspecified atom stereocenters. The van der Waals surface area contributed by atoms with Crippen LogP contribution in [0, 0.1) is 0 Å². The number of ether oxygens (including phenoxy) is 1. The molecular formula is C9H11FO. The molecule has 1 aromatic rings. The molecule has 0 aromatic heterocycles. The maximum Gasteiger partial charge on any atom is 0.126 e. The van der Waals surface area contributed by atoms with E-state index >= 15 is 0 Å². The number of hydrogen-bond acceptors (Lipinski definition) is 1. The van der Waals surface area contributed by atoms with Gasteiger partial charge in [-0.05, 0) is 13.0 Å². The molecule has 0 heterocycles. The topological polar surface area (TPSA) is 9.23 Å². The summed E-state index contributed by atoms with van der Waals surface area (Å²) < 4.78 is 17.8. The second-order valence-electron chi connectivity index (χ2n) is 2.36. The number of rotatable bonds is 2. The van der Waals surface area contributed by atoms with Crippen LogP contribution in [0.1, 0.15) is 18.7 Å². The molecule has 0 aliphatic heterocycles. The Kier molecular flexibility index (Phi) is 2.47. The number of halogens is 1. The van der Waals surface area contributed by atoms with E-state index in [2.05, 4.69) is 0 Å². The van der Waals surface area contributed by atoms with E-state index in [9.17, 15) is 4.39 Å². The Hall–Kier alpha value is -1.05. The summed E-state index contributed by atoms with van der Waals surface area (Å²) in [6, 6.07) is 7.10. The summed E-state index contributed by atoms with van der Waals surface area (Å²) in [6.07, 6.45) is -0.967. The molecule has 0 aliphatic carbocycles. The summed E-state index contributed by atoms with van der Waals surface area (Å²) >= 11 is 0. The molecule has 0 aliphatic rings. The van der Waals surface area contributed by atoms with Crippen LogP contribution in [0.25, 0.3) is 0 Å². The molecule has 1 atom stereocenters. The standard InChI is InChI=1S/C9H11FO/c1-7(10)8-5-3-4-6-9(8)11-2/h3-7H,1-2H3/t7-/m1/s1. The third-order valence-corrected chi connectivity index (χ3v) is 1.57. The molecule has 0 amide bonds. The fourth-order valence-corrected chi connectivity index (χ4v) is 0.995. The summed E-state index contributed by atoms with van der Waals surface area (Å²) in [7, 11) is 1.54. The van der Waals surface area contributed by atoms with Crippen molar-refractivity contribution in [3.63, 3.8) is 0 Å². The van der Waals surface area contributed by atoms with Crippen molar-refractivity contribution in [3.8, 4) is 5.75 Å². The van der Waals surface area contributed by atoms with E-state index in [4.69, 9.17) is 4.74 Å². The van der Waals surface area contributed by atoms with E-state index in [0.29, 0.717) is 11.3 Å². The summed E-state index contributed by atoms with van der Waals surface area (Å²) in [5.41, 5.74) is 0.606. The number of methoxy groups -OCH3 is 1. The SMILES string of the molecule is COc1ccccc1[C@@H](C)F. The van der Waals surface area contributed by atoms with Crippen LogP contribution < -0.4 is 4.74 Å². The molecular weight excluding hydrogens is 143 g/mol. The van der Waals surface area contributed by atoms with Gasteiger partial charge in [0.05, 0.1) is 7.11 Å². The fourth-order valence-electron chi connectivity index (χ4n) is 0.995. The Morgan fingerprint density at radius 1 is 1.36 bits per heavy atom. The van der Waals surface area contributed by atoms with Gasteiger partial charge in [0, 0.05) is 5.56 Å². The second kappa shape index (κ2) is 3.37. The molecule has 0 radical (unpaired) electrons. The van der Waals surface area contributed by atoms with Gasteiger partial charge in [-0.25, -0.2) is 4.39 Å². The molecule has 2 heteroatoms. The van der Waals surface area contributed by atoms with Crippen molar-refractivity contribution in [1.29, 1.82) is 0 Å². The predicted octanol–water partition coefficient (Wildman–Crippen LogP) is 2.73. The van der Waals surface area contributed by atoms with Gasteiger partial charge in [-0.1, -0.05) is 18.2 Å². The first kappa shape index (κ1) is 8.05. The normalized spacial score (nSPS) is 12.6. The molecule has 0 saturated carbocycles. The first-order valence-corrected chi connectivity index (χ1v) is 3.52. The smallest absolute Gasteiger partial charge is 0.126 e. The number of benzene rings is 1. The third-order valence-electron chi connectivity index (χ3n) is 1.57. The first-order chi connectivity index (χ1) is 5.25. The molecule has 60 valence electrons. The van der Waals surface area contributed by atoms with Crippen LogP contribution in [-0.2, 0) is 0 Å². The summed E-state index contributed by atoms with van der Waals surface area (Å²) in [5.74, 6) is 0.613. The van der Waals surface area contributed by atoms with Crippen LogP contribution in [0.4, 0.5) is 4.39 Å². The molecule has 1 nitrogen and oxygen atoms in total. The van der Waals surface area contributed by atoms with Crippen LogP contribution >= 0.6 is 0 Å². The zero-order chi connectivity index (χ0) is 8.27. The van der Waals surface area contributed by atoms with E-state index in [-0.39, 0.29) is 0 Å². The predicted molar refractivity (Wildman–Crippen MR) is 42.5 cm³/mol. The van der Waals surface area contributed by atoms with Crippen molar-refractivity contribution in [2.75, 3.05) is 7.11 Å². The lowest BCUT2D eigenvalue weighted by atomic mass is 10.1. The zero-order valence-electron chi connectivity index (χ0n) is 6.67. The monoisotopic (exact) mass is 154 g/mol. The number of para-hydroxylation sites is 1. The van der Waals surface area contributed by atoms with Gasteiger partial charge in [0.15, 0.2) is 0 Å². The van der Waals surface area contributed by atoms with Crippen molar-refractivity contribution in [1.82, 2.24) is 0 Å². The maximum atomic E-state index is 12.8. The average molecular weight is 154 g/mol. The summed E-state index contributed by atoms with van der Waals surface area (Å²) in [4.78, 5) is 0. The minimum absolute atomic E-state index is 0.606. The Labute approximate surface area is 65.8 Å². The van der Waals surface area contributed by atoms with Gasteiger partial charge in [-0.2, -0.15) is 0 Å². The highest BCUT2D eigenvalue weighted by Gasteiger charge is 2.07. The molecule has 0 N–H and O–H groups in total. The van der Waals surface area contributed by atoms with Crippen LogP contribution in [0.5, 0.6) is 5.75 Å². The van der Waals surface area contributed by atoms with Crippen molar-refractivity contribution >= 4 is 0 Å². The molecule has 0 spiro atoms. The van der Waals surface area contributed by atoms with Crippen molar-refractivity contribution in [3.05, 3.63) is 29.8 Å². The van der Waals surface area contributed by atoms with Crippen LogP contribution in [0.15, 0.2) is 24.3 Å². The minimum Gasteiger partial charge on any atom is -0.496 e. The Balaban J connectivity index is 3.02. The molecule has 11 heavy (non-hydrogen) atoms. The Morgan fingerprint density at radius 3 is 2.45 bits per heavy atom. The van der Waals surface area contributed by atoms with Crippen molar-refractivity contribution in [2.45, 2.75) is 13.1 Å². The van der Waals surface area contributed by atoms with Gasteiger partial charge in [0.2, 0.25) is 0 Å². The quantitative estimate of drug-likeness (QED) is 0.636. The van der Waals surface area contributed by atoms with E-state index in [0.717, 1.165) is 0 Å². The average Bonchev–Trinajstić information content (AvgIpc) is 2.04. The highest BCUT2D eigenvalue weighted by molar-refractivity contribution is 5.34. The summed E-state index contributed by atoms with van der Waals surface area (Å²) in [5, 5.41) is 0. The largest absolute Gasteiger partial charge is 0.496 e. The lowest BCUT2D eigenvalue weighted by Gasteiger charge is -2.07. The van der Waals surface area contributed by atoms with E-state index < -0.39 is 6.17 Å². The van der Waals surface area contributed by atoms with Crippen LogP contribution in [0.3, 0.4) is 0 Å². The van der Waals surface area contributed by atoms with E-state index in [1.807, 2.05) is 6.07 Å². The highest BCUT2D eigenvalue weighted by atomic mass is 19.1. The third kappa shape index (κ3) is 1.70. The van der Waals surface area contributed by atoms with Gasteiger partial charge >= 0.3 is 0 Å². The summed E-state index contributed by atoms with van der Waals surface area (Å²) in [6.45, 7) is 1.50. The second-order valence-corrected chi connectivity index (χ2v) is 2.36. The lowest BCUT2D eigenvalue weighted by Crippen LogP contribution is -1.91. The first-order valence-electron chi connectivity index (χ1n) is 3.52. The molecule has 1 rings (SSSR count). The van der Waals surface area contributed by atoms with Crippen molar-refractivity contribution < 1.29 is 9.13 Å². The Morgan fingerprint density at radius 2 is 2.00 bits per heavy atom. The number of alkyl halides is 1. The van der Waals surface area contributed by atoms with Gasteiger partial charge < -0.3 is 4.74 Å². The Bertz CT molecular complexity index is 233. The molecule has 1 aromatic carbocycles. The lowest BCUT2D eigenvalue weighted by molar-refractivity contribution is 0.346. The van der Waals surface area contributed by atoms with Crippen LogP contribution in [-0.4, -0.2) is 7.11 Å². The number of hydrogen-bond donors (Lipinski definition) is 0. The van der Waals surface area contributed by atoms with Gasteiger partial charge in [-0.15, -0.1) is 0 Å². The van der Waals surface area contributed by atoms with Gasteiger partial charge in [-0.3, -0.25) is 0 Å². The minimum atomic E-state index is -0.967. The highest BCUT2D eigenvalue weighted by Crippen LogP contribution is 2.26. The van der Waals surface area contributed by atoms with E-state index in [1.165, 1.54) is 6.92 Å². The zero-order valence-corrected chi connectivity index (χ0v) is 6.67. The van der Waals surface area contributed by atoms with Crippen molar-refractivity contribution in [2.24, 2.45) is 0 Å². The molecule has 0 fully saturated rings. The maximum absolute atomic E-state index is 12.8. The van der Waals surface area contributed by atoms with Gasteiger partial charge in [0.1, 0.15) is 11.9 Å². The molecule has 0 saturated heterocycles. The van der Waals surface area contributed by atoms with Crippen LogP contribution in [0.2, 0.25) is 0 Å².